The monoisotopic (exact) mass is 256 g/mol. The third kappa shape index (κ3) is 3.80. The van der Waals surface area contributed by atoms with Crippen molar-refractivity contribution in [1.29, 1.82) is 0 Å². The van der Waals surface area contributed by atoms with Crippen LogP contribution < -0.4 is 11.5 Å². The molecule has 0 aromatic heterocycles. The average Bonchev–Trinajstić information content (AvgIpc) is 2.36. The van der Waals surface area contributed by atoms with Gasteiger partial charge in [0.1, 0.15) is 0 Å². The minimum atomic E-state index is -3.12. The van der Waals surface area contributed by atoms with Crippen molar-refractivity contribution in [2.75, 3.05) is 12.3 Å². The van der Waals surface area contributed by atoms with E-state index in [1.165, 1.54) is 0 Å². The average molecular weight is 256 g/mol. The maximum Gasteiger partial charge on any atom is 0.178 e. The molecule has 0 bridgehead atoms. The molecular weight excluding hydrogens is 236 g/mol. The van der Waals surface area contributed by atoms with E-state index in [0.717, 1.165) is 18.4 Å². The zero-order valence-electron chi connectivity index (χ0n) is 10.1. The minimum Gasteiger partial charge on any atom is -0.330 e. The lowest BCUT2D eigenvalue weighted by atomic mass is 10.0. The molecule has 1 aromatic rings. The van der Waals surface area contributed by atoms with Crippen molar-refractivity contribution in [1.82, 2.24) is 0 Å². The highest BCUT2D eigenvalue weighted by molar-refractivity contribution is 7.91. The number of rotatable bonds is 6. The highest BCUT2D eigenvalue weighted by Crippen LogP contribution is 2.18. The summed E-state index contributed by atoms with van der Waals surface area (Å²) in [6, 6.07) is 6.73. The van der Waals surface area contributed by atoms with E-state index < -0.39 is 9.84 Å². The Labute approximate surface area is 103 Å². The molecule has 0 heterocycles. The minimum absolute atomic E-state index is 0.0723. The lowest BCUT2D eigenvalue weighted by Gasteiger charge is -2.11. The third-order valence-electron chi connectivity index (χ3n) is 2.77. The second kappa shape index (κ2) is 6.14. The van der Waals surface area contributed by atoms with Crippen LogP contribution >= 0.6 is 0 Å². The van der Waals surface area contributed by atoms with Crippen LogP contribution in [0.25, 0.3) is 0 Å². The topological polar surface area (TPSA) is 86.2 Å². The van der Waals surface area contributed by atoms with Crippen LogP contribution in [-0.2, 0) is 9.84 Å². The third-order valence-corrected chi connectivity index (χ3v) is 4.52. The summed E-state index contributed by atoms with van der Waals surface area (Å²) in [7, 11) is -3.12. The predicted molar refractivity (Wildman–Crippen MR) is 69.4 cm³/mol. The molecule has 1 aromatic carbocycles. The van der Waals surface area contributed by atoms with Crippen molar-refractivity contribution in [3.05, 3.63) is 29.8 Å². The zero-order valence-corrected chi connectivity index (χ0v) is 10.9. The Morgan fingerprint density at radius 3 is 2.29 bits per heavy atom. The molecule has 0 amide bonds. The maximum atomic E-state index is 11.6. The summed E-state index contributed by atoms with van der Waals surface area (Å²) in [4.78, 5) is 0.356. The second-order valence-electron chi connectivity index (χ2n) is 4.01. The molecule has 0 saturated heterocycles. The van der Waals surface area contributed by atoms with Gasteiger partial charge in [-0.3, -0.25) is 0 Å². The smallest absolute Gasteiger partial charge is 0.178 e. The van der Waals surface area contributed by atoms with Crippen molar-refractivity contribution >= 4 is 9.84 Å². The fraction of sp³-hybridized carbons (Fsp3) is 0.500. The van der Waals surface area contributed by atoms with E-state index in [-0.39, 0.29) is 11.8 Å². The summed E-state index contributed by atoms with van der Waals surface area (Å²) in [6.45, 7) is 2.26. The van der Waals surface area contributed by atoms with E-state index >= 15 is 0 Å². The van der Waals surface area contributed by atoms with Gasteiger partial charge in [-0.25, -0.2) is 8.42 Å². The molecule has 0 fully saturated rings. The predicted octanol–water partition coefficient (Wildman–Crippen LogP) is 1.22. The van der Waals surface area contributed by atoms with Gasteiger partial charge in [0.25, 0.3) is 0 Å². The first-order valence-corrected chi connectivity index (χ1v) is 7.45. The van der Waals surface area contributed by atoms with Gasteiger partial charge in [-0.15, -0.1) is 0 Å². The van der Waals surface area contributed by atoms with Crippen LogP contribution in [0.1, 0.15) is 31.4 Å². The molecule has 0 aliphatic rings. The Balaban J connectivity index is 2.81. The Morgan fingerprint density at radius 2 is 1.82 bits per heavy atom. The second-order valence-corrected chi connectivity index (χ2v) is 6.29. The Kier molecular flexibility index (Phi) is 5.11. The molecule has 96 valence electrons. The zero-order chi connectivity index (χ0) is 12.9. The van der Waals surface area contributed by atoms with Crippen LogP contribution in [0.3, 0.4) is 0 Å². The van der Waals surface area contributed by atoms with Gasteiger partial charge < -0.3 is 11.5 Å². The SMILES string of the molecule is CCS(=O)(=O)c1ccc(C(N)CCCN)cc1. The van der Waals surface area contributed by atoms with E-state index in [1.807, 2.05) is 0 Å². The molecule has 1 atom stereocenters. The highest BCUT2D eigenvalue weighted by atomic mass is 32.2. The molecule has 0 saturated carbocycles. The first-order chi connectivity index (χ1) is 8.01. The molecule has 0 radical (unpaired) electrons. The van der Waals surface area contributed by atoms with Crippen LogP contribution in [0.15, 0.2) is 29.2 Å². The van der Waals surface area contributed by atoms with Gasteiger partial charge in [0.15, 0.2) is 9.84 Å². The van der Waals surface area contributed by atoms with Gasteiger partial charge in [-0.2, -0.15) is 0 Å². The van der Waals surface area contributed by atoms with E-state index in [4.69, 9.17) is 11.5 Å². The lowest BCUT2D eigenvalue weighted by Crippen LogP contribution is -2.13. The molecular formula is C12H20N2O2S. The summed E-state index contributed by atoms with van der Waals surface area (Å²) >= 11 is 0. The van der Waals surface area contributed by atoms with Gasteiger partial charge in [-0.1, -0.05) is 19.1 Å². The normalized spacial score (nSPS) is 13.6. The van der Waals surface area contributed by atoms with Crippen molar-refractivity contribution in [2.24, 2.45) is 11.5 Å². The van der Waals surface area contributed by atoms with E-state index in [9.17, 15) is 8.42 Å². The number of benzene rings is 1. The summed E-state index contributed by atoms with van der Waals surface area (Å²) < 4.78 is 23.2. The number of hydrogen-bond donors (Lipinski definition) is 2. The van der Waals surface area contributed by atoms with Gasteiger partial charge in [0.05, 0.1) is 10.6 Å². The van der Waals surface area contributed by atoms with E-state index in [0.29, 0.717) is 11.4 Å². The van der Waals surface area contributed by atoms with Crippen LogP contribution in [0.4, 0.5) is 0 Å². The van der Waals surface area contributed by atoms with Gasteiger partial charge in [0, 0.05) is 6.04 Å². The molecule has 17 heavy (non-hydrogen) atoms. The first kappa shape index (κ1) is 14.2. The summed E-state index contributed by atoms with van der Waals surface area (Å²) in [5, 5.41) is 0. The standard InChI is InChI=1S/C12H20N2O2S/c1-2-17(15,16)11-7-5-10(6-8-11)12(14)4-3-9-13/h5-8,12H,2-4,9,13-14H2,1H3. The largest absolute Gasteiger partial charge is 0.330 e. The van der Waals surface area contributed by atoms with Gasteiger partial charge >= 0.3 is 0 Å². The van der Waals surface area contributed by atoms with Crippen molar-refractivity contribution in [3.8, 4) is 0 Å². The van der Waals surface area contributed by atoms with Crippen LogP contribution in [-0.4, -0.2) is 20.7 Å². The Hall–Kier alpha value is -0.910. The molecule has 1 rings (SSSR count). The van der Waals surface area contributed by atoms with Crippen molar-refractivity contribution in [3.63, 3.8) is 0 Å². The highest BCUT2D eigenvalue weighted by Gasteiger charge is 2.12. The fourth-order valence-electron chi connectivity index (χ4n) is 1.59. The van der Waals surface area contributed by atoms with E-state index in [1.54, 1.807) is 31.2 Å². The molecule has 0 aliphatic heterocycles. The van der Waals surface area contributed by atoms with Crippen LogP contribution in [0.5, 0.6) is 0 Å². The van der Waals surface area contributed by atoms with Crippen LogP contribution in [0.2, 0.25) is 0 Å². The fourth-order valence-corrected chi connectivity index (χ4v) is 2.48. The Bertz CT molecular complexity index is 440. The molecule has 0 spiro atoms. The van der Waals surface area contributed by atoms with Crippen molar-refractivity contribution in [2.45, 2.75) is 30.7 Å². The van der Waals surface area contributed by atoms with Gasteiger partial charge in [0.2, 0.25) is 0 Å². The summed E-state index contributed by atoms with van der Waals surface area (Å²) in [6.07, 6.45) is 1.69. The quantitative estimate of drug-likeness (QED) is 0.801. The molecule has 4 N–H and O–H groups in total. The Morgan fingerprint density at radius 1 is 1.24 bits per heavy atom. The molecule has 1 unspecified atom stereocenters. The molecule has 0 aliphatic carbocycles. The molecule has 4 nitrogen and oxygen atoms in total. The maximum absolute atomic E-state index is 11.6. The number of hydrogen-bond acceptors (Lipinski definition) is 4. The number of sulfone groups is 1. The first-order valence-electron chi connectivity index (χ1n) is 5.79. The summed E-state index contributed by atoms with van der Waals surface area (Å²) in [5.74, 6) is 0.117. The van der Waals surface area contributed by atoms with E-state index in [2.05, 4.69) is 0 Å². The van der Waals surface area contributed by atoms with Gasteiger partial charge in [-0.05, 0) is 37.1 Å². The van der Waals surface area contributed by atoms with Crippen LogP contribution in [0, 0.1) is 0 Å². The lowest BCUT2D eigenvalue weighted by molar-refractivity contribution is 0.596. The van der Waals surface area contributed by atoms with Crippen molar-refractivity contribution < 1.29 is 8.42 Å². The molecule has 5 heteroatoms. The number of nitrogens with two attached hydrogens (primary N) is 2. The summed E-state index contributed by atoms with van der Waals surface area (Å²) in [5.41, 5.74) is 12.3.